The molecule has 0 bridgehead atoms. The van der Waals surface area contributed by atoms with Crippen molar-refractivity contribution in [1.29, 1.82) is 0 Å². The third-order valence-corrected chi connectivity index (χ3v) is 6.56. The second-order valence-corrected chi connectivity index (χ2v) is 9.20. The van der Waals surface area contributed by atoms with E-state index in [-0.39, 0.29) is 10.2 Å². The summed E-state index contributed by atoms with van der Waals surface area (Å²) in [6, 6.07) is 17.5. The van der Waals surface area contributed by atoms with Gasteiger partial charge in [-0.2, -0.15) is 0 Å². The van der Waals surface area contributed by atoms with Crippen molar-refractivity contribution >= 4 is 62.3 Å². The number of hydrogen-bond donors (Lipinski definition) is 0. The second-order valence-electron chi connectivity index (χ2n) is 7.47. The van der Waals surface area contributed by atoms with Crippen LogP contribution in [-0.4, -0.2) is 17.9 Å². The Balaban J connectivity index is 1.61. The van der Waals surface area contributed by atoms with Crippen molar-refractivity contribution in [1.82, 2.24) is 0 Å². The Bertz CT molecular complexity index is 1220. The van der Waals surface area contributed by atoms with Crippen LogP contribution >= 0.6 is 39.1 Å². The summed E-state index contributed by atoms with van der Waals surface area (Å²) in [5.74, 6) is -2.23. The number of imide groups is 1. The van der Waals surface area contributed by atoms with Crippen molar-refractivity contribution in [3.05, 3.63) is 92.6 Å². The molecule has 0 aromatic heterocycles. The van der Waals surface area contributed by atoms with Crippen LogP contribution in [0.5, 0.6) is 0 Å². The highest BCUT2D eigenvalue weighted by Gasteiger charge is 2.60. The van der Waals surface area contributed by atoms with E-state index in [4.69, 9.17) is 28.0 Å². The number of halogens is 4. The molecule has 9 heteroatoms. The van der Waals surface area contributed by atoms with Crippen LogP contribution in [0.25, 0.3) is 0 Å². The van der Waals surface area contributed by atoms with Gasteiger partial charge in [-0.05, 0) is 64.0 Å². The smallest absolute Gasteiger partial charge is 0.266 e. The van der Waals surface area contributed by atoms with Crippen molar-refractivity contribution in [2.75, 3.05) is 9.96 Å². The Labute approximate surface area is 201 Å². The van der Waals surface area contributed by atoms with Crippen LogP contribution in [0.3, 0.4) is 0 Å². The predicted molar refractivity (Wildman–Crippen MR) is 123 cm³/mol. The lowest BCUT2D eigenvalue weighted by atomic mass is 9.90. The average Bonchev–Trinajstić information content (AvgIpc) is 3.26. The molecule has 3 atom stereocenters. The van der Waals surface area contributed by atoms with Gasteiger partial charge in [-0.1, -0.05) is 47.5 Å². The number of para-hydroxylation sites is 1. The van der Waals surface area contributed by atoms with E-state index in [1.54, 1.807) is 17.2 Å². The molecule has 2 aliphatic heterocycles. The van der Waals surface area contributed by atoms with Gasteiger partial charge in [0.2, 0.25) is 5.91 Å². The van der Waals surface area contributed by atoms with Gasteiger partial charge in [0.15, 0.2) is 6.10 Å². The SMILES string of the molecule is O=C1[C@@H]2[C@H](ON(c3ccccc3)[C@H]2c2ccc(F)c(Br)c2)C(=O)N1c1cc(Cl)cc(Cl)c1. The summed E-state index contributed by atoms with van der Waals surface area (Å²) < 4.78 is 14.2. The molecule has 0 saturated carbocycles. The third-order valence-electron chi connectivity index (χ3n) is 5.52. The maximum Gasteiger partial charge on any atom is 0.266 e. The lowest BCUT2D eigenvalue weighted by molar-refractivity contribution is -0.126. The highest BCUT2D eigenvalue weighted by Crippen LogP contribution is 2.48. The molecule has 162 valence electrons. The topological polar surface area (TPSA) is 49.9 Å². The first-order valence-corrected chi connectivity index (χ1v) is 11.2. The molecule has 2 heterocycles. The van der Waals surface area contributed by atoms with Gasteiger partial charge >= 0.3 is 0 Å². The van der Waals surface area contributed by atoms with E-state index in [2.05, 4.69) is 15.9 Å². The summed E-state index contributed by atoms with van der Waals surface area (Å²) in [6.07, 6.45) is -1.05. The third kappa shape index (κ3) is 3.49. The number of carbonyl (C=O) groups excluding carboxylic acids is 2. The number of fused-ring (bicyclic) bond motifs is 1. The quantitative estimate of drug-likeness (QED) is 0.389. The number of nitrogens with zero attached hydrogens (tertiary/aromatic N) is 2. The summed E-state index contributed by atoms with van der Waals surface area (Å²) in [4.78, 5) is 34.0. The molecule has 5 nitrogen and oxygen atoms in total. The van der Waals surface area contributed by atoms with Crippen LogP contribution in [0.15, 0.2) is 71.2 Å². The number of hydrogen-bond acceptors (Lipinski definition) is 4. The molecule has 32 heavy (non-hydrogen) atoms. The van der Waals surface area contributed by atoms with Gasteiger partial charge in [-0.15, -0.1) is 0 Å². The minimum atomic E-state index is -1.05. The van der Waals surface area contributed by atoms with Crippen LogP contribution in [0.1, 0.15) is 11.6 Å². The fraction of sp³-hybridized carbons (Fsp3) is 0.130. The minimum Gasteiger partial charge on any atom is -0.273 e. The van der Waals surface area contributed by atoms with E-state index in [0.29, 0.717) is 21.3 Å². The highest BCUT2D eigenvalue weighted by atomic mass is 79.9. The van der Waals surface area contributed by atoms with Crippen LogP contribution in [-0.2, 0) is 14.4 Å². The number of carbonyl (C=O) groups is 2. The van der Waals surface area contributed by atoms with Gasteiger partial charge in [-0.25, -0.2) is 14.4 Å². The van der Waals surface area contributed by atoms with Crippen LogP contribution in [0.4, 0.5) is 15.8 Å². The number of rotatable bonds is 3. The van der Waals surface area contributed by atoms with Gasteiger partial charge < -0.3 is 0 Å². The maximum atomic E-state index is 13.9. The first-order valence-electron chi connectivity index (χ1n) is 9.65. The van der Waals surface area contributed by atoms with Gasteiger partial charge in [0.1, 0.15) is 11.7 Å². The summed E-state index contributed by atoms with van der Waals surface area (Å²) in [5.41, 5.74) is 1.58. The Morgan fingerprint density at radius 1 is 0.875 bits per heavy atom. The van der Waals surface area contributed by atoms with E-state index < -0.39 is 35.7 Å². The standard InChI is InChI=1S/C23H14BrCl2FN2O3/c24-17-8-12(6-7-18(17)27)20-19-21(32-29(20)15-4-2-1-3-5-15)23(31)28(22(19)30)16-10-13(25)9-14(26)11-16/h1-11,19-21H/t19-,20-,21-/m0/s1. The number of anilines is 2. The molecule has 3 aromatic carbocycles. The van der Waals surface area contributed by atoms with E-state index in [9.17, 15) is 14.0 Å². The summed E-state index contributed by atoms with van der Waals surface area (Å²) >= 11 is 15.4. The Morgan fingerprint density at radius 3 is 2.22 bits per heavy atom. The Morgan fingerprint density at radius 2 is 1.56 bits per heavy atom. The van der Waals surface area contributed by atoms with E-state index in [0.717, 1.165) is 4.90 Å². The summed E-state index contributed by atoms with van der Waals surface area (Å²) in [6.45, 7) is 0. The first-order chi connectivity index (χ1) is 15.3. The summed E-state index contributed by atoms with van der Waals surface area (Å²) in [5, 5.41) is 2.15. The number of amides is 2. The second kappa shape index (κ2) is 8.15. The molecule has 0 spiro atoms. The molecule has 0 N–H and O–H groups in total. The van der Waals surface area contributed by atoms with Gasteiger partial charge in [0.25, 0.3) is 5.91 Å². The molecule has 0 unspecified atom stereocenters. The number of hydroxylamine groups is 1. The fourth-order valence-corrected chi connectivity index (χ4v) is 5.08. The van der Waals surface area contributed by atoms with Gasteiger partial charge in [0.05, 0.1) is 21.9 Å². The minimum absolute atomic E-state index is 0.252. The normalized spacial score (nSPS) is 22.6. The van der Waals surface area contributed by atoms with Crippen LogP contribution < -0.4 is 9.96 Å². The van der Waals surface area contributed by atoms with Crippen molar-refractivity contribution in [3.8, 4) is 0 Å². The van der Waals surface area contributed by atoms with Crippen molar-refractivity contribution in [3.63, 3.8) is 0 Å². The monoisotopic (exact) mass is 534 g/mol. The largest absolute Gasteiger partial charge is 0.273 e. The molecule has 2 fully saturated rings. The van der Waals surface area contributed by atoms with Gasteiger partial charge in [-0.3, -0.25) is 14.4 Å². The zero-order valence-electron chi connectivity index (χ0n) is 16.2. The van der Waals surface area contributed by atoms with Crippen molar-refractivity contribution in [2.45, 2.75) is 12.1 Å². The Kier molecular flexibility index (Phi) is 5.45. The molecule has 2 saturated heterocycles. The van der Waals surface area contributed by atoms with E-state index in [1.165, 1.54) is 24.3 Å². The molecule has 2 aliphatic rings. The molecule has 3 aromatic rings. The lowest BCUT2D eigenvalue weighted by Crippen LogP contribution is -2.37. The molecule has 2 amide bonds. The zero-order valence-corrected chi connectivity index (χ0v) is 19.3. The molecule has 5 rings (SSSR count). The van der Waals surface area contributed by atoms with Crippen molar-refractivity contribution < 1.29 is 18.8 Å². The highest BCUT2D eigenvalue weighted by molar-refractivity contribution is 9.10. The fourth-order valence-electron chi connectivity index (χ4n) is 4.17. The van der Waals surface area contributed by atoms with Gasteiger partial charge in [0, 0.05) is 10.0 Å². The number of benzene rings is 3. The molecule has 0 radical (unpaired) electrons. The molecule has 0 aliphatic carbocycles. The van der Waals surface area contributed by atoms with Crippen LogP contribution in [0.2, 0.25) is 10.0 Å². The molecular weight excluding hydrogens is 522 g/mol. The zero-order chi connectivity index (χ0) is 22.6. The molecular formula is C23H14BrCl2FN2O3. The predicted octanol–water partition coefficient (Wildman–Crippen LogP) is 5.95. The van der Waals surface area contributed by atoms with E-state index in [1.807, 2.05) is 30.3 Å². The maximum absolute atomic E-state index is 13.9. The van der Waals surface area contributed by atoms with Crippen molar-refractivity contribution in [2.24, 2.45) is 5.92 Å². The lowest BCUT2D eigenvalue weighted by Gasteiger charge is -2.29. The first kappa shape index (κ1) is 21.4. The summed E-state index contributed by atoms with van der Waals surface area (Å²) in [7, 11) is 0. The Hall–Kier alpha value is -2.45. The van der Waals surface area contributed by atoms with Crippen LogP contribution in [0, 0.1) is 11.7 Å². The van der Waals surface area contributed by atoms with E-state index >= 15 is 0 Å². The average molecular weight is 536 g/mol.